The second kappa shape index (κ2) is 20.7. The van der Waals surface area contributed by atoms with Crippen LogP contribution in [0.4, 0.5) is 5.13 Å². The van der Waals surface area contributed by atoms with Gasteiger partial charge in [0.25, 0.3) is 0 Å². The lowest BCUT2D eigenvalue weighted by Gasteiger charge is -2.25. The van der Waals surface area contributed by atoms with E-state index in [9.17, 15) is 14.9 Å². The van der Waals surface area contributed by atoms with E-state index in [1.807, 2.05) is 53.4 Å². The van der Waals surface area contributed by atoms with Crippen LogP contribution in [0.1, 0.15) is 51.9 Å². The molecule has 1 atom stereocenters. The molecule has 2 amide bonds. The number of amides is 2. The molecule has 0 saturated heterocycles. The van der Waals surface area contributed by atoms with E-state index >= 15 is 0 Å². The van der Waals surface area contributed by atoms with Gasteiger partial charge < -0.3 is 29.3 Å². The zero-order valence-electron chi connectivity index (χ0n) is 32.8. The molecule has 58 heavy (non-hydrogen) atoms. The van der Waals surface area contributed by atoms with Gasteiger partial charge in [-0.1, -0.05) is 60.8 Å². The van der Waals surface area contributed by atoms with Crippen molar-refractivity contribution in [1.29, 1.82) is 5.26 Å². The van der Waals surface area contributed by atoms with Crippen LogP contribution in [0.25, 0.3) is 25.3 Å². The number of aromatic amines is 1. The van der Waals surface area contributed by atoms with E-state index in [0.29, 0.717) is 15.7 Å². The Labute approximate surface area is 363 Å². The molecule has 6 heterocycles. The van der Waals surface area contributed by atoms with Crippen LogP contribution in [-0.4, -0.2) is 41.2 Å². The number of benzene rings is 1. The van der Waals surface area contributed by atoms with Crippen molar-refractivity contribution in [2.75, 3.05) is 11.1 Å². The summed E-state index contributed by atoms with van der Waals surface area (Å²) in [6, 6.07) is 18.4. The van der Waals surface area contributed by atoms with E-state index < -0.39 is 0 Å². The maximum absolute atomic E-state index is 12.1. The SMILES string of the molecule is C=c1/c(=C/c2ccc(C)s2)[nH]c(=S)n1CC.C=c1/c(=C/c2cccs2)n(C)c(=S)n1CC.Cc1ccc(C2CC(=O)NC(SCC(=O)Nc3nccs3)=C2C#N)cc1. The van der Waals surface area contributed by atoms with Crippen molar-refractivity contribution in [1.82, 2.24) is 29.0 Å². The fourth-order valence-corrected chi connectivity index (χ4v) is 9.57. The summed E-state index contributed by atoms with van der Waals surface area (Å²) in [5.41, 5.74) is 2.53. The van der Waals surface area contributed by atoms with Crippen molar-refractivity contribution in [2.24, 2.45) is 7.05 Å². The van der Waals surface area contributed by atoms with Crippen LogP contribution in [0.15, 0.2) is 76.1 Å². The van der Waals surface area contributed by atoms with Crippen LogP contribution in [0.3, 0.4) is 0 Å². The molecule has 6 aromatic rings. The highest BCUT2D eigenvalue weighted by Crippen LogP contribution is 2.36. The third-order valence-corrected chi connectivity index (χ3v) is 13.3. The number of nitrogens with zero attached hydrogens (tertiary/aromatic N) is 5. The first kappa shape index (κ1) is 44.2. The topological polar surface area (TPSA) is 125 Å². The number of allylic oxidation sites excluding steroid dienone is 1. The zero-order valence-corrected chi connectivity index (χ0v) is 37.7. The molecule has 1 aliphatic rings. The van der Waals surface area contributed by atoms with Crippen molar-refractivity contribution in [3.05, 3.63) is 133 Å². The largest absolute Gasteiger partial charge is 0.331 e. The summed E-state index contributed by atoms with van der Waals surface area (Å²) in [7, 11) is 1.99. The predicted octanol–water partition coefficient (Wildman–Crippen LogP) is 7.21. The Morgan fingerprint density at radius 2 is 1.78 bits per heavy atom. The smallest absolute Gasteiger partial charge is 0.236 e. The van der Waals surface area contributed by atoms with E-state index in [4.69, 9.17) is 24.4 Å². The first-order valence-corrected chi connectivity index (χ1v) is 22.6. The van der Waals surface area contributed by atoms with E-state index in [2.05, 4.69) is 101 Å². The molecule has 16 heteroatoms. The molecule has 0 radical (unpaired) electrons. The average molecular weight is 885 g/mol. The first-order chi connectivity index (χ1) is 27.8. The highest BCUT2D eigenvalue weighted by Gasteiger charge is 2.29. The summed E-state index contributed by atoms with van der Waals surface area (Å²) < 4.78 is 7.64. The number of carbonyl (C=O) groups excluding carboxylic acids is 2. The number of thioether (sulfide) groups is 1. The summed E-state index contributed by atoms with van der Waals surface area (Å²) in [6.45, 7) is 18.1. The fourth-order valence-electron chi connectivity index (χ4n) is 5.99. The standard InChI is InChI=1S/C18H16N4O2S2.2C12H14N2S2/c1-11-2-4-12(5-3-11)13-8-15(23)21-17(14(13)9-19)26-10-16(24)22-18-20-6-7-25-18;1-4-14-9(3)11(13-12(14)15)7-10-6-5-8(2)16-10;1-4-14-9(2)11(13(3)12(14)15)8-10-6-5-7-16-10/h2-7,13H,8,10H2,1H3,(H,21,23)(H,20,22,24);5-7H,3-4H2,1-2H3,(H,13,15);5-8H,2,4H2,1,3H3/b;11-7-;11-8-. The molecular weight excluding hydrogens is 841 g/mol. The average Bonchev–Trinajstić information content (AvgIpc) is 4.06. The van der Waals surface area contributed by atoms with Crippen LogP contribution < -0.4 is 32.0 Å². The number of nitrogens with one attached hydrogen (secondary N) is 3. The highest BCUT2D eigenvalue weighted by atomic mass is 32.2. The third-order valence-electron chi connectivity index (χ3n) is 8.99. The Balaban J connectivity index is 0.000000174. The van der Waals surface area contributed by atoms with Crippen molar-refractivity contribution in [3.8, 4) is 6.07 Å². The number of rotatable bonds is 9. The molecule has 10 nitrogen and oxygen atoms in total. The molecule has 1 aromatic carbocycles. The Morgan fingerprint density at radius 1 is 1.03 bits per heavy atom. The number of imidazole rings is 2. The fraction of sp³-hybridized carbons (Fsp3) is 0.238. The quantitative estimate of drug-likeness (QED) is 0.131. The molecule has 0 saturated carbocycles. The van der Waals surface area contributed by atoms with Gasteiger partial charge in [-0.15, -0.1) is 34.0 Å². The van der Waals surface area contributed by atoms with Gasteiger partial charge in [-0.05, 0) is 93.4 Å². The number of thiophene rings is 2. The van der Waals surface area contributed by atoms with Gasteiger partial charge in [0.15, 0.2) is 14.7 Å². The molecule has 7 rings (SSSR count). The number of aromatic nitrogens is 5. The zero-order chi connectivity index (χ0) is 41.9. The number of anilines is 1. The second-order valence-electron chi connectivity index (χ2n) is 12.9. The van der Waals surface area contributed by atoms with Gasteiger partial charge in [0.05, 0.1) is 43.8 Å². The van der Waals surface area contributed by atoms with Crippen LogP contribution in [-0.2, 0) is 29.7 Å². The monoisotopic (exact) mass is 884 g/mol. The third kappa shape index (κ3) is 11.2. The van der Waals surface area contributed by atoms with Gasteiger partial charge in [-0.25, -0.2) is 4.98 Å². The molecule has 0 fully saturated rings. The van der Waals surface area contributed by atoms with Gasteiger partial charge in [-0.2, -0.15) is 5.26 Å². The highest BCUT2D eigenvalue weighted by molar-refractivity contribution is 8.03. The number of hydrogen-bond acceptors (Lipinski definition) is 10. The van der Waals surface area contributed by atoms with E-state index in [0.717, 1.165) is 66.9 Å². The van der Waals surface area contributed by atoms with Crippen molar-refractivity contribution >= 4 is 112 Å². The first-order valence-electron chi connectivity index (χ1n) is 18.2. The Morgan fingerprint density at radius 3 is 2.34 bits per heavy atom. The summed E-state index contributed by atoms with van der Waals surface area (Å²) in [6.07, 6.45) is 6.06. The molecule has 0 spiro atoms. The minimum absolute atomic E-state index is 0.0843. The molecule has 1 aliphatic heterocycles. The number of aryl methyl sites for hydroxylation is 2. The Kier molecular flexibility index (Phi) is 15.8. The summed E-state index contributed by atoms with van der Waals surface area (Å²) in [4.78, 5) is 35.1. The van der Waals surface area contributed by atoms with Gasteiger partial charge in [0, 0.05) is 58.7 Å². The van der Waals surface area contributed by atoms with Crippen molar-refractivity contribution < 1.29 is 9.59 Å². The molecule has 1 unspecified atom stereocenters. The van der Waals surface area contributed by atoms with Gasteiger partial charge in [0.1, 0.15) is 0 Å². The van der Waals surface area contributed by atoms with Crippen LogP contribution >= 0.6 is 70.2 Å². The number of thiazole rings is 1. The molecule has 3 N–H and O–H groups in total. The van der Waals surface area contributed by atoms with Gasteiger partial charge in [0.2, 0.25) is 11.8 Å². The Hall–Kier alpha value is -4.89. The maximum atomic E-state index is 12.1. The second-order valence-corrected chi connectivity index (χ2v) is 17.9. The van der Waals surface area contributed by atoms with E-state index in [1.165, 1.54) is 26.0 Å². The van der Waals surface area contributed by atoms with E-state index in [-0.39, 0.29) is 29.9 Å². The van der Waals surface area contributed by atoms with Gasteiger partial charge >= 0.3 is 0 Å². The lowest BCUT2D eigenvalue weighted by Crippen LogP contribution is -2.31. The predicted molar refractivity (Wildman–Crippen MR) is 248 cm³/mol. The van der Waals surface area contributed by atoms with Gasteiger partial charge in [-0.3, -0.25) is 9.59 Å². The lowest BCUT2D eigenvalue weighted by molar-refractivity contribution is -0.121. The number of carbonyl (C=O) groups is 2. The number of hydrogen-bond donors (Lipinski definition) is 3. The minimum atomic E-state index is -0.293. The summed E-state index contributed by atoms with van der Waals surface area (Å²) in [5, 5.41) is 23.9. The molecule has 300 valence electrons. The lowest BCUT2D eigenvalue weighted by atomic mass is 9.87. The Bertz CT molecular complexity index is 2800. The van der Waals surface area contributed by atoms with Crippen LogP contribution in [0.5, 0.6) is 0 Å². The summed E-state index contributed by atoms with van der Waals surface area (Å²) >= 11 is 16.6. The van der Waals surface area contributed by atoms with E-state index in [1.54, 1.807) is 34.3 Å². The normalized spacial score (nSPS) is 14.3. The molecule has 0 bridgehead atoms. The molecule has 0 aliphatic carbocycles. The maximum Gasteiger partial charge on any atom is 0.236 e. The molecular formula is C42H44N8O2S6. The van der Waals surface area contributed by atoms with Crippen LogP contribution in [0.2, 0.25) is 0 Å². The molecule has 5 aromatic heterocycles. The van der Waals surface area contributed by atoms with Crippen molar-refractivity contribution in [3.63, 3.8) is 0 Å². The number of nitriles is 1. The van der Waals surface area contributed by atoms with Crippen molar-refractivity contribution in [2.45, 2.75) is 53.1 Å². The van der Waals surface area contributed by atoms with Crippen LogP contribution in [0, 0.1) is 34.7 Å². The number of H-pyrrole nitrogens is 1. The summed E-state index contributed by atoms with van der Waals surface area (Å²) in [5.74, 6) is -0.598. The minimum Gasteiger partial charge on any atom is -0.331 e.